The van der Waals surface area contributed by atoms with Crippen LogP contribution in [0.2, 0.25) is 0 Å². The second-order valence-corrected chi connectivity index (χ2v) is 4.63. The van der Waals surface area contributed by atoms with E-state index in [2.05, 4.69) is 0 Å². The highest BCUT2D eigenvalue weighted by molar-refractivity contribution is 7.80. The summed E-state index contributed by atoms with van der Waals surface area (Å²) in [6.45, 7) is 4.30. The number of nitrogens with two attached hydrogens (primary N) is 1. The number of amides is 2. The maximum Gasteiger partial charge on any atom is 0.319 e. The van der Waals surface area contributed by atoms with Crippen molar-refractivity contribution in [1.82, 2.24) is 9.80 Å². The van der Waals surface area contributed by atoms with Gasteiger partial charge in [0, 0.05) is 32.6 Å². The fourth-order valence-electron chi connectivity index (χ4n) is 1.73. The molecule has 5 heteroatoms. The van der Waals surface area contributed by atoms with Crippen molar-refractivity contribution in [1.29, 1.82) is 0 Å². The molecule has 1 aliphatic rings. The monoisotopic (exact) mass is 229 g/mol. The number of thiocarbonyl (C=S) groups is 1. The highest BCUT2D eigenvalue weighted by atomic mass is 32.1. The highest BCUT2D eigenvalue weighted by Gasteiger charge is 2.22. The number of urea groups is 1. The molecule has 86 valence electrons. The van der Waals surface area contributed by atoms with Gasteiger partial charge in [0.05, 0.1) is 4.99 Å². The third kappa shape index (κ3) is 3.34. The summed E-state index contributed by atoms with van der Waals surface area (Å²) >= 11 is 4.88. The Bertz CT molecular complexity index is 251. The van der Waals surface area contributed by atoms with E-state index in [9.17, 15) is 4.79 Å². The molecule has 0 aromatic rings. The van der Waals surface area contributed by atoms with Crippen molar-refractivity contribution in [2.75, 3.05) is 26.7 Å². The van der Waals surface area contributed by atoms with Crippen molar-refractivity contribution in [3.8, 4) is 0 Å². The SMILES string of the molecule is CC(CN(C)C(=O)N1CCCC1)C(N)=S. The standard InChI is InChI=1S/C10H19N3OS/c1-8(9(11)15)7-12(2)10(14)13-5-3-4-6-13/h8H,3-7H2,1-2H3,(H2,11,15). The van der Waals surface area contributed by atoms with Crippen LogP contribution in [0, 0.1) is 5.92 Å². The van der Waals surface area contributed by atoms with Crippen molar-refractivity contribution < 1.29 is 4.79 Å². The second kappa shape index (κ2) is 5.30. The number of hydrogen-bond acceptors (Lipinski definition) is 2. The zero-order valence-corrected chi connectivity index (χ0v) is 10.2. The first-order chi connectivity index (χ1) is 7.02. The quantitative estimate of drug-likeness (QED) is 0.736. The molecule has 2 N–H and O–H groups in total. The minimum absolute atomic E-state index is 0.0801. The van der Waals surface area contributed by atoms with Crippen LogP contribution in [0.3, 0.4) is 0 Å². The van der Waals surface area contributed by atoms with E-state index < -0.39 is 0 Å². The molecule has 1 heterocycles. The molecular weight excluding hydrogens is 210 g/mol. The van der Waals surface area contributed by atoms with Crippen molar-refractivity contribution >= 4 is 23.2 Å². The fourth-order valence-corrected chi connectivity index (χ4v) is 1.80. The Balaban J connectivity index is 2.41. The number of carbonyl (C=O) groups excluding carboxylic acids is 1. The van der Waals surface area contributed by atoms with E-state index in [1.54, 1.807) is 11.9 Å². The normalized spacial score (nSPS) is 17.6. The summed E-state index contributed by atoms with van der Waals surface area (Å²) in [7, 11) is 1.80. The van der Waals surface area contributed by atoms with E-state index in [0.717, 1.165) is 25.9 Å². The molecule has 15 heavy (non-hydrogen) atoms. The lowest BCUT2D eigenvalue weighted by atomic mass is 10.2. The van der Waals surface area contributed by atoms with Gasteiger partial charge < -0.3 is 15.5 Å². The van der Waals surface area contributed by atoms with Gasteiger partial charge in [-0.1, -0.05) is 19.1 Å². The van der Waals surface area contributed by atoms with Crippen LogP contribution in [0.15, 0.2) is 0 Å². The lowest BCUT2D eigenvalue weighted by Crippen LogP contribution is -2.42. The molecular formula is C10H19N3OS. The van der Waals surface area contributed by atoms with Crippen LogP contribution in [-0.4, -0.2) is 47.5 Å². The summed E-state index contributed by atoms with van der Waals surface area (Å²) in [6.07, 6.45) is 2.23. The third-order valence-electron chi connectivity index (χ3n) is 2.74. The van der Waals surface area contributed by atoms with Gasteiger partial charge in [-0.15, -0.1) is 0 Å². The summed E-state index contributed by atoms with van der Waals surface area (Å²) in [6, 6.07) is 0.0931. The lowest BCUT2D eigenvalue weighted by Gasteiger charge is -2.26. The average Bonchev–Trinajstić information content (AvgIpc) is 2.68. The largest absolute Gasteiger partial charge is 0.393 e. The van der Waals surface area contributed by atoms with Gasteiger partial charge in [0.15, 0.2) is 0 Å². The van der Waals surface area contributed by atoms with Crippen LogP contribution in [0.4, 0.5) is 4.79 Å². The van der Waals surface area contributed by atoms with Gasteiger partial charge in [0.1, 0.15) is 0 Å². The Hall–Kier alpha value is -0.840. The molecule has 0 aromatic heterocycles. The summed E-state index contributed by atoms with van der Waals surface area (Å²) < 4.78 is 0. The van der Waals surface area contributed by atoms with Gasteiger partial charge >= 0.3 is 6.03 Å². The molecule has 0 aliphatic carbocycles. The molecule has 1 saturated heterocycles. The van der Waals surface area contributed by atoms with E-state index in [4.69, 9.17) is 18.0 Å². The summed E-state index contributed by atoms with van der Waals surface area (Å²) in [5.41, 5.74) is 5.52. The number of carbonyl (C=O) groups is 1. The van der Waals surface area contributed by atoms with Crippen LogP contribution in [0.1, 0.15) is 19.8 Å². The molecule has 2 amide bonds. The van der Waals surface area contributed by atoms with E-state index in [0.29, 0.717) is 11.5 Å². The van der Waals surface area contributed by atoms with Gasteiger partial charge in [-0.3, -0.25) is 0 Å². The first kappa shape index (κ1) is 12.2. The molecule has 1 unspecified atom stereocenters. The predicted molar refractivity (Wildman–Crippen MR) is 64.8 cm³/mol. The highest BCUT2D eigenvalue weighted by Crippen LogP contribution is 2.10. The molecule has 0 aromatic carbocycles. The molecule has 4 nitrogen and oxygen atoms in total. The first-order valence-electron chi connectivity index (χ1n) is 5.31. The van der Waals surface area contributed by atoms with Crippen molar-refractivity contribution in [2.45, 2.75) is 19.8 Å². The zero-order chi connectivity index (χ0) is 11.4. The minimum atomic E-state index is 0.0801. The van der Waals surface area contributed by atoms with Gasteiger partial charge in [0.2, 0.25) is 0 Å². The molecule has 0 radical (unpaired) electrons. The molecule has 0 spiro atoms. The van der Waals surface area contributed by atoms with Crippen LogP contribution in [0.25, 0.3) is 0 Å². The number of nitrogens with zero attached hydrogens (tertiary/aromatic N) is 2. The minimum Gasteiger partial charge on any atom is -0.393 e. The molecule has 1 fully saturated rings. The Kier molecular flexibility index (Phi) is 4.32. The first-order valence-corrected chi connectivity index (χ1v) is 5.72. The second-order valence-electron chi connectivity index (χ2n) is 4.16. The van der Waals surface area contributed by atoms with Crippen LogP contribution < -0.4 is 5.73 Å². The van der Waals surface area contributed by atoms with E-state index in [-0.39, 0.29) is 11.9 Å². The van der Waals surface area contributed by atoms with Crippen LogP contribution in [-0.2, 0) is 0 Å². The number of rotatable bonds is 3. The average molecular weight is 229 g/mol. The third-order valence-corrected chi connectivity index (χ3v) is 3.14. The molecule has 1 rings (SSSR count). The maximum atomic E-state index is 11.9. The summed E-state index contributed by atoms with van der Waals surface area (Å²) in [5, 5.41) is 0. The summed E-state index contributed by atoms with van der Waals surface area (Å²) in [5.74, 6) is 0.0801. The van der Waals surface area contributed by atoms with Crippen molar-refractivity contribution in [2.24, 2.45) is 11.7 Å². The molecule has 0 bridgehead atoms. The van der Waals surface area contributed by atoms with Gasteiger partial charge in [0.25, 0.3) is 0 Å². The van der Waals surface area contributed by atoms with Crippen molar-refractivity contribution in [3.63, 3.8) is 0 Å². The van der Waals surface area contributed by atoms with Crippen LogP contribution >= 0.6 is 12.2 Å². The zero-order valence-electron chi connectivity index (χ0n) is 9.40. The topological polar surface area (TPSA) is 49.6 Å². The molecule has 1 aliphatic heterocycles. The number of hydrogen-bond donors (Lipinski definition) is 1. The Morgan fingerprint density at radius 3 is 2.53 bits per heavy atom. The fraction of sp³-hybridized carbons (Fsp3) is 0.800. The van der Waals surface area contributed by atoms with Crippen molar-refractivity contribution in [3.05, 3.63) is 0 Å². The van der Waals surface area contributed by atoms with Gasteiger partial charge in [-0.25, -0.2) is 4.79 Å². The maximum absolute atomic E-state index is 11.9. The lowest BCUT2D eigenvalue weighted by molar-refractivity contribution is 0.170. The molecule has 0 saturated carbocycles. The molecule has 1 atom stereocenters. The van der Waals surface area contributed by atoms with E-state index >= 15 is 0 Å². The van der Waals surface area contributed by atoms with Gasteiger partial charge in [-0.2, -0.15) is 0 Å². The smallest absolute Gasteiger partial charge is 0.319 e. The van der Waals surface area contributed by atoms with E-state index in [1.807, 2.05) is 11.8 Å². The summed E-state index contributed by atoms with van der Waals surface area (Å²) in [4.78, 5) is 15.9. The Labute approximate surface area is 96.4 Å². The van der Waals surface area contributed by atoms with Gasteiger partial charge in [-0.05, 0) is 12.8 Å². The Morgan fingerprint density at radius 1 is 1.53 bits per heavy atom. The van der Waals surface area contributed by atoms with Crippen LogP contribution in [0.5, 0.6) is 0 Å². The predicted octanol–water partition coefficient (Wildman–Crippen LogP) is 1.06. The van der Waals surface area contributed by atoms with E-state index in [1.165, 1.54) is 0 Å². The number of likely N-dealkylation sites (tertiary alicyclic amines) is 1. The Morgan fingerprint density at radius 2 is 2.07 bits per heavy atom.